The largest absolute Gasteiger partial charge is 0.381 e. The monoisotopic (exact) mass is 313 g/mol. The van der Waals surface area contributed by atoms with Gasteiger partial charge in [-0.1, -0.05) is 17.7 Å². The first-order chi connectivity index (χ1) is 9.44. The minimum absolute atomic E-state index is 0.110. The van der Waals surface area contributed by atoms with Crippen molar-refractivity contribution in [3.63, 3.8) is 0 Å². The highest BCUT2D eigenvalue weighted by Gasteiger charge is 2.16. The summed E-state index contributed by atoms with van der Waals surface area (Å²) < 4.78 is 5.40. The number of hydrogen-bond acceptors (Lipinski definition) is 3. The maximum Gasteiger partial charge on any atom is 0.0476 e. The third kappa shape index (κ3) is 5.28. The standard InChI is InChI=1S/C16H24ClNOS/c1-16(2,3)18-11-12-4-5-14(10-15(12)17)20-13-6-8-19-9-7-13/h4-5,10,13,18H,6-9,11H2,1-3H3. The van der Waals surface area contributed by atoms with Crippen LogP contribution >= 0.6 is 23.4 Å². The second kappa shape index (κ2) is 7.17. The normalized spacial score (nSPS) is 17.4. The van der Waals surface area contributed by atoms with Crippen LogP contribution in [0.3, 0.4) is 0 Å². The molecule has 1 heterocycles. The van der Waals surface area contributed by atoms with E-state index < -0.39 is 0 Å². The highest BCUT2D eigenvalue weighted by Crippen LogP contribution is 2.32. The van der Waals surface area contributed by atoms with Gasteiger partial charge < -0.3 is 10.1 Å². The van der Waals surface area contributed by atoms with Gasteiger partial charge in [0.1, 0.15) is 0 Å². The van der Waals surface area contributed by atoms with Crippen LogP contribution in [0.2, 0.25) is 5.02 Å². The van der Waals surface area contributed by atoms with Crippen molar-refractivity contribution < 1.29 is 4.74 Å². The maximum absolute atomic E-state index is 6.40. The zero-order valence-corrected chi connectivity index (χ0v) is 14.1. The molecule has 2 nitrogen and oxygen atoms in total. The molecule has 1 aromatic carbocycles. The number of thioether (sulfide) groups is 1. The molecule has 0 amide bonds. The Balaban J connectivity index is 1.94. The first-order valence-electron chi connectivity index (χ1n) is 7.22. The summed E-state index contributed by atoms with van der Waals surface area (Å²) in [5.74, 6) is 0. The Bertz CT molecular complexity index is 439. The minimum atomic E-state index is 0.110. The molecule has 0 aromatic heterocycles. The maximum atomic E-state index is 6.40. The molecule has 1 aliphatic heterocycles. The van der Waals surface area contributed by atoms with Gasteiger partial charge in [0.05, 0.1) is 0 Å². The van der Waals surface area contributed by atoms with Crippen molar-refractivity contribution in [3.05, 3.63) is 28.8 Å². The molecule has 1 fully saturated rings. The van der Waals surface area contributed by atoms with Crippen LogP contribution in [0.25, 0.3) is 0 Å². The molecule has 20 heavy (non-hydrogen) atoms. The number of hydrogen-bond donors (Lipinski definition) is 1. The van der Waals surface area contributed by atoms with Gasteiger partial charge in [-0.25, -0.2) is 0 Å². The average Bonchev–Trinajstić information content (AvgIpc) is 2.38. The summed E-state index contributed by atoms with van der Waals surface area (Å²) in [6.45, 7) is 9.07. The molecule has 1 aromatic rings. The first-order valence-corrected chi connectivity index (χ1v) is 8.48. The lowest BCUT2D eigenvalue weighted by Crippen LogP contribution is -2.35. The first kappa shape index (κ1) is 16.2. The van der Waals surface area contributed by atoms with Gasteiger partial charge in [0.2, 0.25) is 0 Å². The molecule has 0 radical (unpaired) electrons. The van der Waals surface area contributed by atoms with Crippen LogP contribution in [-0.2, 0) is 11.3 Å². The highest BCUT2D eigenvalue weighted by atomic mass is 35.5. The summed E-state index contributed by atoms with van der Waals surface area (Å²) >= 11 is 8.32. The zero-order valence-electron chi connectivity index (χ0n) is 12.5. The van der Waals surface area contributed by atoms with Gasteiger partial charge in [-0.3, -0.25) is 0 Å². The van der Waals surface area contributed by atoms with Crippen molar-refractivity contribution in [3.8, 4) is 0 Å². The number of halogens is 1. The Morgan fingerprint density at radius 1 is 1.30 bits per heavy atom. The molecule has 112 valence electrons. The summed E-state index contributed by atoms with van der Waals surface area (Å²) in [7, 11) is 0. The van der Waals surface area contributed by atoms with Crippen molar-refractivity contribution in [2.24, 2.45) is 0 Å². The van der Waals surface area contributed by atoms with Gasteiger partial charge in [0, 0.05) is 40.5 Å². The van der Waals surface area contributed by atoms with Gasteiger partial charge >= 0.3 is 0 Å². The summed E-state index contributed by atoms with van der Waals surface area (Å²) in [5, 5.41) is 5.00. The molecule has 4 heteroatoms. The van der Waals surface area contributed by atoms with E-state index >= 15 is 0 Å². The predicted octanol–water partition coefficient (Wildman–Crippen LogP) is 4.50. The van der Waals surface area contributed by atoms with E-state index in [4.69, 9.17) is 16.3 Å². The number of nitrogens with one attached hydrogen (secondary N) is 1. The fraction of sp³-hybridized carbons (Fsp3) is 0.625. The Morgan fingerprint density at radius 3 is 2.60 bits per heavy atom. The summed E-state index contributed by atoms with van der Waals surface area (Å²) in [6, 6.07) is 6.43. The topological polar surface area (TPSA) is 21.3 Å². The van der Waals surface area contributed by atoms with Gasteiger partial charge in [0.15, 0.2) is 0 Å². The Morgan fingerprint density at radius 2 is 2.00 bits per heavy atom. The highest BCUT2D eigenvalue weighted by molar-refractivity contribution is 8.00. The lowest BCUT2D eigenvalue weighted by Gasteiger charge is -2.22. The van der Waals surface area contributed by atoms with E-state index in [1.807, 2.05) is 11.8 Å². The molecule has 2 rings (SSSR count). The third-order valence-electron chi connectivity index (χ3n) is 3.30. The van der Waals surface area contributed by atoms with Crippen LogP contribution in [0.15, 0.2) is 23.1 Å². The van der Waals surface area contributed by atoms with Crippen LogP contribution in [-0.4, -0.2) is 24.0 Å². The van der Waals surface area contributed by atoms with Crippen molar-refractivity contribution >= 4 is 23.4 Å². The van der Waals surface area contributed by atoms with E-state index in [0.29, 0.717) is 5.25 Å². The molecular formula is C16H24ClNOS. The molecule has 0 unspecified atom stereocenters. The van der Waals surface area contributed by atoms with E-state index in [-0.39, 0.29) is 5.54 Å². The molecule has 0 aliphatic carbocycles. The van der Waals surface area contributed by atoms with Crippen LogP contribution in [0.4, 0.5) is 0 Å². The van der Waals surface area contributed by atoms with Crippen LogP contribution < -0.4 is 5.32 Å². The lowest BCUT2D eigenvalue weighted by atomic mass is 10.1. The van der Waals surface area contributed by atoms with Crippen LogP contribution in [0.5, 0.6) is 0 Å². The van der Waals surface area contributed by atoms with Crippen molar-refractivity contribution in [1.82, 2.24) is 5.32 Å². The fourth-order valence-corrected chi connectivity index (χ4v) is 3.55. The Hall–Kier alpha value is -0.220. The quantitative estimate of drug-likeness (QED) is 0.884. The van der Waals surface area contributed by atoms with Crippen molar-refractivity contribution in [2.45, 2.75) is 55.8 Å². The predicted molar refractivity (Wildman–Crippen MR) is 87.7 cm³/mol. The SMILES string of the molecule is CC(C)(C)NCc1ccc(SC2CCOCC2)cc1Cl. The Labute approximate surface area is 131 Å². The van der Waals surface area contributed by atoms with Gasteiger partial charge in [0.25, 0.3) is 0 Å². The number of rotatable bonds is 4. The van der Waals surface area contributed by atoms with Crippen LogP contribution in [0.1, 0.15) is 39.2 Å². The molecule has 0 saturated carbocycles. The van der Waals surface area contributed by atoms with E-state index in [9.17, 15) is 0 Å². The molecule has 0 atom stereocenters. The smallest absolute Gasteiger partial charge is 0.0476 e. The van der Waals surface area contributed by atoms with Gasteiger partial charge in [-0.15, -0.1) is 11.8 Å². The van der Waals surface area contributed by atoms with Gasteiger partial charge in [-0.05, 0) is 51.3 Å². The zero-order chi connectivity index (χ0) is 14.6. The molecule has 1 N–H and O–H groups in total. The summed E-state index contributed by atoms with van der Waals surface area (Å²) in [6.07, 6.45) is 2.27. The fourth-order valence-electron chi connectivity index (χ4n) is 2.09. The van der Waals surface area contributed by atoms with E-state index in [0.717, 1.165) is 43.2 Å². The summed E-state index contributed by atoms with van der Waals surface area (Å²) in [5.41, 5.74) is 1.27. The Kier molecular flexibility index (Phi) is 5.79. The lowest BCUT2D eigenvalue weighted by molar-refractivity contribution is 0.100. The second-order valence-electron chi connectivity index (χ2n) is 6.29. The minimum Gasteiger partial charge on any atom is -0.381 e. The van der Waals surface area contributed by atoms with Crippen LogP contribution in [0, 0.1) is 0 Å². The third-order valence-corrected chi connectivity index (χ3v) is 4.99. The number of benzene rings is 1. The average molecular weight is 314 g/mol. The van der Waals surface area contributed by atoms with E-state index in [2.05, 4.69) is 44.3 Å². The van der Waals surface area contributed by atoms with Gasteiger partial charge in [-0.2, -0.15) is 0 Å². The molecule has 0 bridgehead atoms. The molecular weight excluding hydrogens is 290 g/mol. The molecule has 1 saturated heterocycles. The summed E-state index contributed by atoms with van der Waals surface area (Å²) in [4.78, 5) is 1.27. The number of ether oxygens (including phenoxy) is 1. The van der Waals surface area contributed by atoms with E-state index in [1.165, 1.54) is 4.90 Å². The second-order valence-corrected chi connectivity index (χ2v) is 8.07. The molecule has 0 spiro atoms. The van der Waals surface area contributed by atoms with Crippen molar-refractivity contribution in [2.75, 3.05) is 13.2 Å². The van der Waals surface area contributed by atoms with Crippen molar-refractivity contribution in [1.29, 1.82) is 0 Å². The van der Waals surface area contributed by atoms with E-state index in [1.54, 1.807) is 0 Å². The molecule has 1 aliphatic rings.